The molecule has 0 aromatic carbocycles. The number of ether oxygens (including phenoxy) is 4. The second-order valence-corrected chi connectivity index (χ2v) is 31.3. The molecular formula is C74H144O17P2. The highest BCUT2D eigenvalue weighted by atomic mass is 31.2. The summed E-state index contributed by atoms with van der Waals surface area (Å²) in [6, 6.07) is 0. The van der Waals surface area contributed by atoms with Gasteiger partial charge in [0, 0.05) is 25.7 Å². The summed E-state index contributed by atoms with van der Waals surface area (Å²) in [4.78, 5) is 72.6. The van der Waals surface area contributed by atoms with Crippen LogP contribution in [0, 0.1) is 23.7 Å². The fourth-order valence-electron chi connectivity index (χ4n) is 11.2. The van der Waals surface area contributed by atoms with E-state index < -0.39 is 97.5 Å². The minimum absolute atomic E-state index is 0.101. The summed E-state index contributed by atoms with van der Waals surface area (Å²) in [7, 11) is -9.90. The van der Waals surface area contributed by atoms with Crippen molar-refractivity contribution in [2.45, 2.75) is 388 Å². The first kappa shape index (κ1) is 91.1. The Bertz CT molecular complexity index is 1840. The van der Waals surface area contributed by atoms with Gasteiger partial charge in [-0.3, -0.25) is 37.3 Å². The molecular weight excluding hydrogens is 1220 g/mol. The number of esters is 4. The molecule has 0 heterocycles. The highest BCUT2D eigenvalue weighted by Crippen LogP contribution is 2.45. The maximum Gasteiger partial charge on any atom is 0.472 e. The van der Waals surface area contributed by atoms with Crippen LogP contribution in [-0.2, 0) is 65.4 Å². The zero-order chi connectivity index (χ0) is 68.9. The predicted octanol–water partition coefficient (Wildman–Crippen LogP) is 21.3. The van der Waals surface area contributed by atoms with Gasteiger partial charge in [-0.2, -0.15) is 0 Å². The van der Waals surface area contributed by atoms with Crippen molar-refractivity contribution in [2.24, 2.45) is 23.7 Å². The van der Waals surface area contributed by atoms with E-state index in [0.29, 0.717) is 31.6 Å². The van der Waals surface area contributed by atoms with Crippen LogP contribution < -0.4 is 0 Å². The lowest BCUT2D eigenvalue weighted by Crippen LogP contribution is -2.30. The number of aliphatic hydroxyl groups is 1. The SMILES string of the molecule is CCC(C)CCCCCCCCCCCCCCCCCCCCC(=O)OC[C@H](COP(=O)(O)OCC(O)COP(=O)(O)OC[C@@H](COC(=O)CCCCCCCCCCC(C)C)OC(=O)CCCCCCCCC(C)C)OC(=O)CCCCCCCCCCC(C)C. The third-order valence-corrected chi connectivity index (χ3v) is 19.3. The molecule has 0 amide bonds. The fraction of sp³-hybridized carbons (Fsp3) is 0.946. The summed E-state index contributed by atoms with van der Waals surface area (Å²) < 4.78 is 68.3. The van der Waals surface area contributed by atoms with E-state index in [1.807, 2.05) is 0 Å². The van der Waals surface area contributed by atoms with Crippen LogP contribution in [0.2, 0.25) is 0 Å². The van der Waals surface area contributed by atoms with Gasteiger partial charge >= 0.3 is 39.5 Å². The van der Waals surface area contributed by atoms with Gasteiger partial charge in [-0.15, -0.1) is 0 Å². The molecule has 0 saturated carbocycles. The summed E-state index contributed by atoms with van der Waals surface area (Å²) >= 11 is 0. The number of phosphoric acid groups is 2. The first-order valence-electron chi connectivity index (χ1n) is 38.2. The van der Waals surface area contributed by atoms with Gasteiger partial charge in [0.15, 0.2) is 12.2 Å². The molecule has 0 radical (unpaired) electrons. The average molecular weight is 1370 g/mol. The number of aliphatic hydroxyl groups excluding tert-OH is 1. The van der Waals surface area contributed by atoms with Crippen LogP contribution in [0.25, 0.3) is 0 Å². The smallest absolute Gasteiger partial charge is 0.462 e. The summed E-state index contributed by atoms with van der Waals surface area (Å²) in [5.41, 5.74) is 0. The highest BCUT2D eigenvalue weighted by molar-refractivity contribution is 7.47. The van der Waals surface area contributed by atoms with Crippen molar-refractivity contribution < 1.29 is 80.2 Å². The van der Waals surface area contributed by atoms with Gasteiger partial charge in [0.2, 0.25) is 0 Å². The number of unbranched alkanes of at least 4 members (excludes halogenated alkanes) is 36. The standard InChI is InChI=1S/C74H144O17P2/c1-9-67(8)53-45-37-28-20-18-16-14-12-10-11-13-15-17-19-21-29-38-46-54-71(76)84-60-69(90-73(78)56-48-40-31-25-23-27-35-43-51-65(4)5)62-88-92(80,81)86-58-68(75)59-87-93(82,83)89-63-70(91-74(79)57-49-41-33-32-36-44-52-66(6)7)61-85-72(77)55-47-39-30-24-22-26-34-42-50-64(2)3/h64-70,75H,9-63H2,1-8H3,(H,80,81)(H,82,83)/t67?,68?,69-,70-/m1/s1. The summed E-state index contributed by atoms with van der Waals surface area (Å²) in [5.74, 6) is 0.856. The van der Waals surface area contributed by atoms with Crippen molar-refractivity contribution >= 4 is 39.5 Å². The van der Waals surface area contributed by atoms with E-state index in [4.69, 9.17) is 37.0 Å². The molecule has 0 aliphatic carbocycles. The van der Waals surface area contributed by atoms with Crippen LogP contribution in [0.1, 0.15) is 370 Å². The maximum absolute atomic E-state index is 13.0. The lowest BCUT2D eigenvalue weighted by atomic mass is 9.99. The van der Waals surface area contributed by atoms with E-state index in [9.17, 15) is 43.2 Å². The Morgan fingerprint density at radius 3 is 0.763 bits per heavy atom. The third kappa shape index (κ3) is 67.0. The van der Waals surface area contributed by atoms with Crippen molar-refractivity contribution in [2.75, 3.05) is 39.6 Å². The number of hydrogen-bond donors (Lipinski definition) is 3. The minimum Gasteiger partial charge on any atom is -0.462 e. The van der Waals surface area contributed by atoms with Crippen LogP contribution >= 0.6 is 15.6 Å². The van der Waals surface area contributed by atoms with E-state index in [1.165, 1.54) is 173 Å². The Morgan fingerprint density at radius 2 is 0.516 bits per heavy atom. The average Bonchev–Trinajstić information content (AvgIpc) is 1.72. The summed E-state index contributed by atoms with van der Waals surface area (Å²) in [5, 5.41) is 10.6. The van der Waals surface area contributed by atoms with E-state index in [-0.39, 0.29) is 25.7 Å². The zero-order valence-electron chi connectivity index (χ0n) is 60.9. The topological polar surface area (TPSA) is 237 Å². The molecule has 3 N–H and O–H groups in total. The Hall–Kier alpha value is -1.94. The molecule has 93 heavy (non-hydrogen) atoms. The van der Waals surface area contributed by atoms with Gasteiger partial charge in [-0.1, -0.05) is 319 Å². The molecule has 0 bridgehead atoms. The van der Waals surface area contributed by atoms with E-state index in [1.54, 1.807) is 0 Å². The van der Waals surface area contributed by atoms with Crippen molar-refractivity contribution in [1.29, 1.82) is 0 Å². The lowest BCUT2D eigenvalue weighted by molar-refractivity contribution is -0.161. The first-order valence-corrected chi connectivity index (χ1v) is 41.2. The van der Waals surface area contributed by atoms with Gasteiger partial charge < -0.3 is 33.8 Å². The van der Waals surface area contributed by atoms with Gasteiger partial charge in [0.1, 0.15) is 19.3 Å². The number of phosphoric ester groups is 2. The van der Waals surface area contributed by atoms with Gasteiger partial charge in [-0.25, -0.2) is 9.13 Å². The largest absolute Gasteiger partial charge is 0.472 e. The van der Waals surface area contributed by atoms with Gasteiger partial charge in [-0.05, 0) is 49.4 Å². The van der Waals surface area contributed by atoms with E-state index in [0.717, 1.165) is 108 Å². The number of carbonyl (C=O) groups is 4. The van der Waals surface area contributed by atoms with Crippen molar-refractivity contribution in [3.63, 3.8) is 0 Å². The maximum atomic E-state index is 13.0. The minimum atomic E-state index is -4.95. The monoisotopic (exact) mass is 1370 g/mol. The number of hydrogen-bond acceptors (Lipinski definition) is 15. The van der Waals surface area contributed by atoms with E-state index >= 15 is 0 Å². The summed E-state index contributed by atoms with van der Waals surface area (Å²) in [6.45, 7) is 14.1. The van der Waals surface area contributed by atoms with Crippen LogP contribution in [0.3, 0.4) is 0 Å². The molecule has 0 fully saturated rings. The molecule has 0 aliphatic rings. The molecule has 0 aromatic rings. The summed E-state index contributed by atoms with van der Waals surface area (Å²) in [6.07, 6.45) is 47.6. The second kappa shape index (κ2) is 63.5. The van der Waals surface area contributed by atoms with Crippen molar-refractivity contribution in [3.05, 3.63) is 0 Å². The molecule has 17 nitrogen and oxygen atoms in total. The molecule has 0 saturated heterocycles. The van der Waals surface area contributed by atoms with Crippen molar-refractivity contribution in [3.8, 4) is 0 Å². The molecule has 0 rings (SSSR count). The molecule has 0 aromatic heterocycles. The van der Waals surface area contributed by atoms with Crippen LogP contribution in [0.4, 0.5) is 0 Å². The first-order chi connectivity index (χ1) is 44.6. The fourth-order valence-corrected chi connectivity index (χ4v) is 12.7. The molecule has 19 heteroatoms. The van der Waals surface area contributed by atoms with Crippen LogP contribution in [-0.4, -0.2) is 96.7 Å². The third-order valence-electron chi connectivity index (χ3n) is 17.4. The number of carbonyl (C=O) groups excluding carboxylic acids is 4. The second-order valence-electron chi connectivity index (χ2n) is 28.4. The van der Waals surface area contributed by atoms with Crippen LogP contribution in [0.5, 0.6) is 0 Å². The molecule has 6 atom stereocenters. The molecule has 0 spiro atoms. The molecule has 4 unspecified atom stereocenters. The van der Waals surface area contributed by atoms with E-state index in [2.05, 4.69) is 55.4 Å². The Labute approximate surface area is 568 Å². The Kier molecular flexibility index (Phi) is 62.2. The van der Waals surface area contributed by atoms with Crippen LogP contribution in [0.15, 0.2) is 0 Å². The van der Waals surface area contributed by atoms with Gasteiger partial charge in [0.05, 0.1) is 26.4 Å². The lowest BCUT2D eigenvalue weighted by Gasteiger charge is -2.21. The van der Waals surface area contributed by atoms with Crippen molar-refractivity contribution in [1.82, 2.24) is 0 Å². The predicted molar refractivity (Wildman–Crippen MR) is 377 cm³/mol. The Balaban J connectivity index is 5.12. The molecule has 0 aliphatic heterocycles. The van der Waals surface area contributed by atoms with Gasteiger partial charge in [0.25, 0.3) is 0 Å². The zero-order valence-corrected chi connectivity index (χ0v) is 62.7. The molecule has 552 valence electrons. The Morgan fingerprint density at radius 1 is 0.301 bits per heavy atom. The normalized spacial score (nSPS) is 14.5. The quantitative estimate of drug-likeness (QED) is 0.0222. The number of rotatable bonds is 71. The highest BCUT2D eigenvalue weighted by Gasteiger charge is 2.30.